The van der Waals surface area contributed by atoms with Gasteiger partial charge in [-0.1, -0.05) is 11.2 Å². The second-order valence-electron chi connectivity index (χ2n) is 5.68. The Balaban J connectivity index is 1.48. The summed E-state index contributed by atoms with van der Waals surface area (Å²) in [6.45, 7) is 0.475. The van der Waals surface area contributed by atoms with Gasteiger partial charge in [-0.15, -0.1) is 11.3 Å². The van der Waals surface area contributed by atoms with Crippen LogP contribution in [0.3, 0.4) is 0 Å². The van der Waals surface area contributed by atoms with Crippen molar-refractivity contribution in [3.05, 3.63) is 64.2 Å². The SMILES string of the molecule is O=C1CC(c2noc(Cc3cccs3)n2)CN1c1ccc(F)cc1. The fourth-order valence-electron chi connectivity index (χ4n) is 2.82. The molecule has 7 heteroatoms. The minimum atomic E-state index is -0.321. The van der Waals surface area contributed by atoms with Crippen LogP contribution in [0, 0.1) is 5.82 Å². The highest BCUT2D eigenvalue weighted by atomic mass is 32.1. The molecule has 0 N–H and O–H groups in total. The van der Waals surface area contributed by atoms with Crippen molar-refractivity contribution in [3.8, 4) is 0 Å². The van der Waals surface area contributed by atoms with Gasteiger partial charge in [-0.25, -0.2) is 4.39 Å². The minimum Gasteiger partial charge on any atom is -0.339 e. The van der Waals surface area contributed by atoms with Gasteiger partial charge in [0.2, 0.25) is 11.8 Å². The molecule has 1 saturated heterocycles. The average molecular weight is 343 g/mol. The Morgan fingerprint density at radius 2 is 2.12 bits per heavy atom. The average Bonchev–Trinajstić information content (AvgIpc) is 3.30. The summed E-state index contributed by atoms with van der Waals surface area (Å²) in [5.74, 6) is 0.664. The number of thiophene rings is 1. The van der Waals surface area contributed by atoms with Crippen molar-refractivity contribution >= 4 is 22.9 Å². The third-order valence-corrected chi connectivity index (χ3v) is 4.89. The van der Waals surface area contributed by atoms with E-state index in [9.17, 15) is 9.18 Å². The van der Waals surface area contributed by atoms with Gasteiger partial charge in [-0.05, 0) is 35.7 Å². The van der Waals surface area contributed by atoms with Gasteiger partial charge in [-0.2, -0.15) is 4.98 Å². The largest absolute Gasteiger partial charge is 0.339 e. The van der Waals surface area contributed by atoms with E-state index in [1.807, 2.05) is 17.5 Å². The molecule has 2 aromatic heterocycles. The number of rotatable bonds is 4. The van der Waals surface area contributed by atoms with Crippen molar-refractivity contribution < 1.29 is 13.7 Å². The number of hydrogen-bond donors (Lipinski definition) is 0. The lowest BCUT2D eigenvalue weighted by Crippen LogP contribution is -2.24. The van der Waals surface area contributed by atoms with Gasteiger partial charge >= 0.3 is 0 Å². The van der Waals surface area contributed by atoms with Crippen LogP contribution < -0.4 is 4.90 Å². The second kappa shape index (κ2) is 6.16. The van der Waals surface area contributed by atoms with E-state index in [0.717, 1.165) is 4.88 Å². The topological polar surface area (TPSA) is 59.2 Å². The molecule has 5 nitrogen and oxygen atoms in total. The maximum atomic E-state index is 13.0. The highest BCUT2D eigenvalue weighted by Gasteiger charge is 2.34. The summed E-state index contributed by atoms with van der Waals surface area (Å²) in [6.07, 6.45) is 0.933. The molecule has 0 spiro atoms. The van der Waals surface area contributed by atoms with Crippen LogP contribution in [-0.4, -0.2) is 22.6 Å². The lowest BCUT2D eigenvalue weighted by Gasteiger charge is -2.15. The monoisotopic (exact) mass is 343 g/mol. The number of amides is 1. The molecule has 3 aromatic rings. The summed E-state index contributed by atoms with van der Waals surface area (Å²) in [4.78, 5) is 19.5. The Morgan fingerprint density at radius 1 is 1.29 bits per heavy atom. The van der Waals surface area contributed by atoms with Crippen LogP contribution in [0.2, 0.25) is 0 Å². The smallest absolute Gasteiger partial charge is 0.231 e. The van der Waals surface area contributed by atoms with Crippen LogP contribution in [-0.2, 0) is 11.2 Å². The number of hydrogen-bond acceptors (Lipinski definition) is 5. The number of halogens is 1. The number of benzene rings is 1. The Kier molecular flexibility index (Phi) is 3.86. The zero-order chi connectivity index (χ0) is 16.5. The zero-order valence-electron chi connectivity index (χ0n) is 12.7. The molecular weight excluding hydrogens is 329 g/mol. The van der Waals surface area contributed by atoms with Crippen molar-refractivity contribution in [2.75, 3.05) is 11.4 Å². The first kappa shape index (κ1) is 15.0. The molecule has 122 valence electrons. The van der Waals surface area contributed by atoms with E-state index in [4.69, 9.17) is 4.52 Å². The molecular formula is C17H14FN3O2S. The van der Waals surface area contributed by atoms with E-state index < -0.39 is 0 Å². The molecule has 1 atom stereocenters. The molecule has 1 unspecified atom stereocenters. The van der Waals surface area contributed by atoms with Gasteiger partial charge in [0.1, 0.15) is 5.82 Å². The molecule has 1 fully saturated rings. The van der Waals surface area contributed by atoms with Crippen LogP contribution in [0.4, 0.5) is 10.1 Å². The first-order valence-corrected chi connectivity index (χ1v) is 8.48. The number of aromatic nitrogens is 2. The Labute approximate surface area is 141 Å². The summed E-state index contributed by atoms with van der Waals surface area (Å²) in [5, 5.41) is 6.04. The molecule has 1 aromatic carbocycles. The second-order valence-corrected chi connectivity index (χ2v) is 6.72. The summed E-state index contributed by atoms with van der Waals surface area (Å²) >= 11 is 1.64. The maximum absolute atomic E-state index is 13.0. The molecule has 0 aliphatic carbocycles. The van der Waals surface area contributed by atoms with Crippen molar-refractivity contribution in [2.45, 2.75) is 18.8 Å². The molecule has 0 saturated carbocycles. The predicted octanol–water partition coefficient (Wildman–Crippen LogP) is 3.38. The van der Waals surface area contributed by atoms with Gasteiger partial charge in [0.25, 0.3) is 0 Å². The first-order valence-electron chi connectivity index (χ1n) is 7.60. The number of nitrogens with zero attached hydrogens (tertiary/aromatic N) is 3. The van der Waals surface area contributed by atoms with Crippen LogP contribution in [0.15, 0.2) is 46.3 Å². The lowest BCUT2D eigenvalue weighted by atomic mass is 10.1. The Morgan fingerprint density at radius 3 is 2.88 bits per heavy atom. The van der Waals surface area contributed by atoms with Gasteiger partial charge in [0, 0.05) is 29.4 Å². The van der Waals surface area contributed by atoms with Gasteiger partial charge < -0.3 is 9.42 Å². The predicted molar refractivity (Wildman–Crippen MR) is 87.5 cm³/mol. The molecule has 3 heterocycles. The Hall–Kier alpha value is -2.54. The molecule has 24 heavy (non-hydrogen) atoms. The van der Waals surface area contributed by atoms with E-state index in [1.165, 1.54) is 12.1 Å². The quantitative estimate of drug-likeness (QED) is 0.729. The fourth-order valence-corrected chi connectivity index (χ4v) is 3.51. The van der Waals surface area contributed by atoms with Crippen molar-refractivity contribution in [3.63, 3.8) is 0 Å². The molecule has 1 aliphatic rings. The lowest BCUT2D eigenvalue weighted by molar-refractivity contribution is -0.117. The standard InChI is InChI=1S/C17H14FN3O2S/c18-12-3-5-13(6-4-12)21-10-11(8-16(21)22)17-19-15(23-20-17)9-14-2-1-7-24-14/h1-7,11H,8-10H2. The van der Waals surface area contributed by atoms with Crippen LogP contribution in [0.25, 0.3) is 0 Å². The minimum absolute atomic E-state index is 0.0174. The van der Waals surface area contributed by atoms with Crippen LogP contribution >= 0.6 is 11.3 Å². The Bertz CT molecular complexity index is 845. The van der Waals surface area contributed by atoms with Gasteiger partial charge in [-0.3, -0.25) is 4.79 Å². The third-order valence-electron chi connectivity index (χ3n) is 4.02. The van der Waals surface area contributed by atoms with E-state index >= 15 is 0 Å². The van der Waals surface area contributed by atoms with E-state index in [-0.39, 0.29) is 17.6 Å². The maximum Gasteiger partial charge on any atom is 0.231 e. The van der Waals surface area contributed by atoms with Crippen LogP contribution in [0.5, 0.6) is 0 Å². The molecule has 1 amide bonds. The molecule has 0 radical (unpaired) electrons. The highest BCUT2D eigenvalue weighted by molar-refractivity contribution is 7.09. The summed E-state index contributed by atoms with van der Waals surface area (Å²) in [6, 6.07) is 9.91. The summed E-state index contributed by atoms with van der Waals surface area (Å²) in [5.41, 5.74) is 0.686. The van der Waals surface area contributed by atoms with E-state index in [1.54, 1.807) is 28.4 Å². The summed E-state index contributed by atoms with van der Waals surface area (Å²) in [7, 11) is 0. The zero-order valence-corrected chi connectivity index (χ0v) is 13.5. The molecule has 1 aliphatic heterocycles. The summed E-state index contributed by atoms with van der Waals surface area (Å²) < 4.78 is 18.3. The number of carbonyl (C=O) groups excluding carboxylic acids is 1. The molecule has 4 rings (SSSR count). The first-order chi connectivity index (χ1) is 11.7. The van der Waals surface area contributed by atoms with E-state index in [0.29, 0.717) is 36.8 Å². The number of anilines is 1. The fraction of sp³-hybridized carbons (Fsp3) is 0.235. The van der Waals surface area contributed by atoms with Crippen molar-refractivity contribution in [1.82, 2.24) is 10.1 Å². The highest BCUT2D eigenvalue weighted by Crippen LogP contribution is 2.30. The van der Waals surface area contributed by atoms with Crippen molar-refractivity contribution in [2.24, 2.45) is 0 Å². The van der Waals surface area contributed by atoms with Gasteiger partial charge in [0.05, 0.1) is 6.42 Å². The van der Waals surface area contributed by atoms with Crippen molar-refractivity contribution in [1.29, 1.82) is 0 Å². The normalized spacial score (nSPS) is 17.6. The number of carbonyl (C=O) groups is 1. The van der Waals surface area contributed by atoms with E-state index in [2.05, 4.69) is 10.1 Å². The molecule has 0 bridgehead atoms. The third kappa shape index (κ3) is 2.94. The van der Waals surface area contributed by atoms with Gasteiger partial charge in [0.15, 0.2) is 5.82 Å². The van der Waals surface area contributed by atoms with Crippen LogP contribution in [0.1, 0.15) is 28.9 Å².